The minimum atomic E-state index is -0.434. The Morgan fingerprint density at radius 3 is 2.80 bits per heavy atom. The predicted octanol–water partition coefficient (Wildman–Crippen LogP) is 1.48. The van der Waals surface area contributed by atoms with Gasteiger partial charge in [-0.25, -0.2) is 0 Å². The summed E-state index contributed by atoms with van der Waals surface area (Å²) in [4.78, 5) is 23.9. The van der Waals surface area contributed by atoms with Crippen molar-refractivity contribution >= 4 is 11.8 Å². The number of nitrogens with one attached hydrogen (secondary N) is 2. The molecular weight excluding hydrogens is 256 g/mol. The van der Waals surface area contributed by atoms with Gasteiger partial charge in [-0.15, -0.1) is 0 Å². The number of hydrogen-bond acceptors (Lipinski definition) is 3. The summed E-state index contributed by atoms with van der Waals surface area (Å²) in [6.45, 7) is 3.19. The molecule has 108 valence electrons. The summed E-state index contributed by atoms with van der Waals surface area (Å²) in [5.41, 5.74) is 0.533. The Morgan fingerprint density at radius 2 is 2.10 bits per heavy atom. The third kappa shape index (κ3) is 3.73. The van der Waals surface area contributed by atoms with Crippen molar-refractivity contribution in [3.05, 3.63) is 29.8 Å². The number of hydrogen-bond donors (Lipinski definition) is 2. The van der Waals surface area contributed by atoms with Crippen molar-refractivity contribution in [2.45, 2.75) is 32.2 Å². The molecule has 0 aromatic heterocycles. The lowest BCUT2D eigenvalue weighted by atomic mass is 10.1. The van der Waals surface area contributed by atoms with Gasteiger partial charge in [-0.05, 0) is 50.5 Å². The molecule has 5 nitrogen and oxygen atoms in total. The van der Waals surface area contributed by atoms with E-state index in [1.165, 1.54) is 0 Å². The SMILES string of the molecule is CCOc1ccc(C(=O)N[C@@H]2CCCCNC2=O)cc1. The van der Waals surface area contributed by atoms with Crippen molar-refractivity contribution in [2.75, 3.05) is 13.2 Å². The largest absolute Gasteiger partial charge is 0.494 e. The molecule has 20 heavy (non-hydrogen) atoms. The smallest absolute Gasteiger partial charge is 0.251 e. The Hall–Kier alpha value is -2.04. The zero-order valence-electron chi connectivity index (χ0n) is 11.6. The van der Waals surface area contributed by atoms with Crippen LogP contribution in [0.5, 0.6) is 5.75 Å². The average molecular weight is 276 g/mol. The molecule has 1 aromatic carbocycles. The van der Waals surface area contributed by atoms with Crippen molar-refractivity contribution in [2.24, 2.45) is 0 Å². The van der Waals surface area contributed by atoms with Crippen molar-refractivity contribution < 1.29 is 14.3 Å². The Kier molecular flexibility index (Phi) is 4.98. The number of carbonyl (C=O) groups is 2. The lowest BCUT2D eigenvalue weighted by Gasteiger charge is -2.15. The summed E-state index contributed by atoms with van der Waals surface area (Å²) in [5.74, 6) is 0.410. The molecule has 2 amide bonds. The van der Waals surface area contributed by atoms with Crippen LogP contribution in [0.2, 0.25) is 0 Å². The lowest BCUT2D eigenvalue weighted by Crippen LogP contribution is -2.45. The number of ether oxygens (including phenoxy) is 1. The van der Waals surface area contributed by atoms with Crippen LogP contribution in [-0.2, 0) is 4.79 Å². The fourth-order valence-electron chi connectivity index (χ4n) is 2.19. The van der Waals surface area contributed by atoms with Gasteiger partial charge in [0.1, 0.15) is 11.8 Å². The third-order valence-electron chi connectivity index (χ3n) is 3.27. The predicted molar refractivity (Wildman–Crippen MR) is 75.7 cm³/mol. The first-order chi connectivity index (χ1) is 9.70. The monoisotopic (exact) mass is 276 g/mol. The van der Waals surface area contributed by atoms with E-state index < -0.39 is 6.04 Å². The van der Waals surface area contributed by atoms with Gasteiger partial charge in [0.2, 0.25) is 5.91 Å². The molecule has 1 heterocycles. The first kappa shape index (κ1) is 14.4. The van der Waals surface area contributed by atoms with Crippen LogP contribution in [0.1, 0.15) is 36.5 Å². The van der Waals surface area contributed by atoms with E-state index in [4.69, 9.17) is 4.74 Å². The molecule has 1 aliphatic rings. The summed E-state index contributed by atoms with van der Waals surface area (Å²) in [5, 5.41) is 5.59. The van der Waals surface area contributed by atoms with E-state index in [1.54, 1.807) is 24.3 Å². The number of carbonyl (C=O) groups excluding carboxylic acids is 2. The molecule has 1 saturated heterocycles. The minimum absolute atomic E-state index is 0.0956. The van der Waals surface area contributed by atoms with Gasteiger partial charge in [-0.1, -0.05) is 0 Å². The van der Waals surface area contributed by atoms with E-state index in [-0.39, 0.29) is 11.8 Å². The topological polar surface area (TPSA) is 67.4 Å². The molecule has 1 atom stereocenters. The summed E-state index contributed by atoms with van der Waals surface area (Å²) in [7, 11) is 0. The van der Waals surface area contributed by atoms with Crippen molar-refractivity contribution in [3.63, 3.8) is 0 Å². The highest BCUT2D eigenvalue weighted by Crippen LogP contribution is 2.13. The van der Waals surface area contributed by atoms with Crippen LogP contribution in [0.3, 0.4) is 0 Å². The van der Waals surface area contributed by atoms with Crippen LogP contribution in [-0.4, -0.2) is 31.0 Å². The lowest BCUT2D eigenvalue weighted by molar-refractivity contribution is -0.122. The molecule has 0 radical (unpaired) electrons. The van der Waals surface area contributed by atoms with Crippen LogP contribution in [0.15, 0.2) is 24.3 Å². The van der Waals surface area contributed by atoms with Crippen LogP contribution in [0, 0.1) is 0 Å². The Labute approximate surface area is 118 Å². The minimum Gasteiger partial charge on any atom is -0.494 e. The fourth-order valence-corrected chi connectivity index (χ4v) is 2.19. The van der Waals surface area contributed by atoms with Gasteiger partial charge >= 0.3 is 0 Å². The highest BCUT2D eigenvalue weighted by atomic mass is 16.5. The van der Waals surface area contributed by atoms with Gasteiger partial charge < -0.3 is 15.4 Å². The molecule has 1 aliphatic heterocycles. The quantitative estimate of drug-likeness (QED) is 0.875. The van der Waals surface area contributed by atoms with E-state index in [0.29, 0.717) is 25.1 Å². The van der Waals surface area contributed by atoms with Crippen molar-refractivity contribution in [1.82, 2.24) is 10.6 Å². The highest BCUT2D eigenvalue weighted by Gasteiger charge is 2.22. The van der Waals surface area contributed by atoms with Crippen LogP contribution >= 0.6 is 0 Å². The van der Waals surface area contributed by atoms with Crippen molar-refractivity contribution in [3.8, 4) is 5.75 Å². The number of rotatable bonds is 4. The summed E-state index contributed by atoms with van der Waals surface area (Å²) < 4.78 is 5.33. The molecule has 2 N–H and O–H groups in total. The van der Waals surface area contributed by atoms with Gasteiger partial charge in [0.05, 0.1) is 6.61 Å². The van der Waals surface area contributed by atoms with Crippen LogP contribution in [0.4, 0.5) is 0 Å². The second kappa shape index (κ2) is 6.93. The molecule has 0 bridgehead atoms. The molecule has 2 rings (SSSR count). The summed E-state index contributed by atoms with van der Waals surface area (Å²) >= 11 is 0. The van der Waals surface area contributed by atoms with Crippen LogP contribution < -0.4 is 15.4 Å². The van der Waals surface area contributed by atoms with Crippen molar-refractivity contribution in [1.29, 1.82) is 0 Å². The molecule has 1 aromatic rings. The van der Waals surface area contributed by atoms with Gasteiger partial charge in [0, 0.05) is 12.1 Å². The fraction of sp³-hybridized carbons (Fsp3) is 0.467. The number of benzene rings is 1. The molecule has 0 saturated carbocycles. The van der Waals surface area contributed by atoms with Crippen LogP contribution in [0.25, 0.3) is 0 Å². The normalized spacial score (nSPS) is 18.9. The first-order valence-corrected chi connectivity index (χ1v) is 7.02. The Morgan fingerprint density at radius 1 is 1.35 bits per heavy atom. The van der Waals surface area contributed by atoms with E-state index in [9.17, 15) is 9.59 Å². The average Bonchev–Trinajstić information content (AvgIpc) is 2.65. The summed E-state index contributed by atoms with van der Waals surface area (Å²) in [6, 6.07) is 6.48. The maximum atomic E-state index is 12.1. The molecule has 0 spiro atoms. The first-order valence-electron chi connectivity index (χ1n) is 7.02. The van der Waals surface area contributed by atoms with Gasteiger partial charge in [-0.3, -0.25) is 9.59 Å². The maximum absolute atomic E-state index is 12.1. The van der Waals surface area contributed by atoms with Gasteiger partial charge in [0.25, 0.3) is 5.91 Å². The molecule has 1 fully saturated rings. The van der Waals surface area contributed by atoms with E-state index >= 15 is 0 Å². The molecular formula is C15H20N2O3. The van der Waals surface area contributed by atoms with E-state index in [2.05, 4.69) is 10.6 Å². The molecule has 5 heteroatoms. The number of amides is 2. The highest BCUT2D eigenvalue weighted by molar-refractivity contribution is 5.97. The molecule has 0 unspecified atom stereocenters. The summed E-state index contributed by atoms with van der Waals surface area (Å²) in [6.07, 6.45) is 2.59. The zero-order valence-corrected chi connectivity index (χ0v) is 11.6. The van der Waals surface area contributed by atoms with Gasteiger partial charge in [0.15, 0.2) is 0 Å². The van der Waals surface area contributed by atoms with E-state index in [0.717, 1.165) is 18.6 Å². The van der Waals surface area contributed by atoms with E-state index in [1.807, 2.05) is 6.92 Å². The zero-order chi connectivity index (χ0) is 14.4. The second-order valence-corrected chi connectivity index (χ2v) is 4.77. The molecule has 0 aliphatic carbocycles. The standard InChI is InChI=1S/C15H20N2O3/c1-2-20-12-8-6-11(7-9-12)14(18)17-13-5-3-4-10-16-15(13)19/h6-9,13H,2-5,10H2,1H3,(H,16,19)(H,17,18)/t13-/m1/s1. The van der Waals surface area contributed by atoms with Gasteiger partial charge in [-0.2, -0.15) is 0 Å². The Bertz CT molecular complexity index is 471. The maximum Gasteiger partial charge on any atom is 0.251 e. The second-order valence-electron chi connectivity index (χ2n) is 4.77. The third-order valence-corrected chi connectivity index (χ3v) is 3.27. The Balaban J connectivity index is 1.98.